The number of rotatable bonds is 3. The van der Waals surface area contributed by atoms with Gasteiger partial charge < -0.3 is 20.1 Å². The summed E-state index contributed by atoms with van der Waals surface area (Å²) in [5.74, 6) is 1.76. The zero-order valence-corrected chi connectivity index (χ0v) is 10.3. The predicted octanol–water partition coefficient (Wildman–Crippen LogP) is 0.976. The second-order valence-corrected chi connectivity index (χ2v) is 4.51. The lowest BCUT2D eigenvalue weighted by Gasteiger charge is -2.23. The molecule has 3 N–H and O–H groups in total. The van der Waals surface area contributed by atoms with E-state index in [0.29, 0.717) is 12.4 Å². The normalized spacial score (nSPS) is 19.6. The van der Waals surface area contributed by atoms with Crippen molar-refractivity contribution in [2.24, 2.45) is 5.73 Å². The highest BCUT2D eigenvalue weighted by Crippen LogP contribution is 2.36. The average Bonchev–Trinajstić information content (AvgIpc) is 2.95. The molecule has 0 bridgehead atoms. The van der Waals surface area contributed by atoms with Crippen LogP contribution in [0.5, 0.6) is 5.75 Å². The monoisotopic (exact) mass is 261 g/mol. The van der Waals surface area contributed by atoms with Crippen LogP contribution in [0.2, 0.25) is 0 Å². The van der Waals surface area contributed by atoms with Crippen LogP contribution in [0.25, 0.3) is 0 Å². The summed E-state index contributed by atoms with van der Waals surface area (Å²) in [5.41, 5.74) is 6.72. The fourth-order valence-electron chi connectivity index (χ4n) is 2.23. The van der Waals surface area contributed by atoms with Gasteiger partial charge in [0, 0.05) is 5.56 Å². The van der Waals surface area contributed by atoms with E-state index in [9.17, 15) is 0 Å². The van der Waals surface area contributed by atoms with Crippen molar-refractivity contribution in [2.75, 3.05) is 13.2 Å². The van der Waals surface area contributed by atoms with Gasteiger partial charge in [0.05, 0.1) is 19.1 Å². The first-order valence-electron chi connectivity index (χ1n) is 6.21. The molecule has 0 saturated heterocycles. The number of benzene rings is 1. The zero-order chi connectivity index (χ0) is 13.2. The number of para-hydroxylation sites is 1. The maximum Gasteiger partial charge on any atom is 0.245 e. The van der Waals surface area contributed by atoms with E-state index >= 15 is 0 Å². The van der Waals surface area contributed by atoms with Gasteiger partial charge in [-0.2, -0.15) is 4.98 Å². The second-order valence-electron chi connectivity index (χ2n) is 4.51. The number of aromatic nitrogens is 2. The number of nitrogens with two attached hydrogens (primary N) is 1. The van der Waals surface area contributed by atoms with Crippen LogP contribution in [0.1, 0.15) is 35.7 Å². The highest BCUT2D eigenvalue weighted by molar-refractivity contribution is 5.40. The van der Waals surface area contributed by atoms with E-state index in [2.05, 4.69) is 10.1 Å². The molecule has 0 radical (unpaired) electrons. The minimum Gasteiger partial charge on any atom is -0.493 e. The summed E-state index contributed by atoms with van der Waals surface area (Å²) in [7, 11) is 0. The summed E-state index contributed by atoms with van der Waals surface area (Å²) in [4.78, 5) is 4.29. The van der Waals surface area contributed by atoms with Crippen LogP contribution in [0, 0.1) is 0 Å². The van der Waals surface area contributed by atoms with E-state index < -0.39 is 6.04 Å². The number of hydrogen-bond donors (Lipinski definition) is 2. The molecule has 0 spiro atoms. The van der Waals surface area contributed by atoms with Crippen molar-refractivity contribution in [2.45, 2.75) is 18.4 Å². The lowest BCUT2D eigenvalue weighted by atomic mass is 9.92. The number of nitrogens with zero attached hydrogens (tertiary/aromatic N) is 2. The Morgan fingerprint density at radius 2 is 2.26 bits per heavy atom. The lowest BCUT2D eigenvalue weighted by Crippen LogP contribution is -2.17. The molecule has 2 atom stereocenters. The standard InChI is InChI=1S/C13H15N3O3/c14-10(7-17)13-15-12(16-19-13)9-5-6-18-11-4-2-1-3-8(9)11/h1-4,9-10,17H,5-7,14H2/t9?,10-/m0/s1. The van der Waals surface area contributed by atoms with Crippen LogP contribution >= 0.6 is 0 Å². The van der Waals surface area contributed by atoms with Crippen molar-refractivity contribution < 1.29 is 14.4 Å². The molecule has 1 aliphatic heterocycles. The molecular weight excluding hydrogens is 246 g/mol. The van der Waals surface area contributed by atoms with Gasteiger partial charge in [0.15, 0.2) is 5.82 Å². The van der Waals surface area contributed by atoms with E-state index in [4.69, 9.17) is 20.1 Å². The molecular formula is C13H15N3O3. The van der Waals surface area contributed by atoms with E-state index in [1.54, 1.807) is 0 Å². The molecule has 6 heteroatoms. The average molecular weight is 261 g/mol. The lowest BCUT2D eigenvalue weighted by molar-refractivity contribution is 0.236. The van der Waals surface area contributed by atoms with Gasteiger partial charge in [-0.05, 0) is 12.5 Å². The van der Waals surface area contributed by atoms with Gasteiger partial charge in [-0.1, -0.05) is 23.4 Å². The largest absolute Gasteiger partial charge is 0.493 e. The molecule has 100 valence electrons. The fourth-order valence-corrected chi connectivity index (χ4v) is 2.23. The van der Waals surface area contributed by atoms with Crippen LogP contribution in [-0.2, 0) is 0 Å². The van der Waals surface area contributed by atoms with E-state index in [1.165, 1.54) is 0 Å². The Morgan fingerprint density at radius 3 is 3.11 bits per heavy atom. The van der Waals surface area contributed by atoms with Gasteiger partial charge in [0.25, 0.3) is 0 Å². The van der Waals surface area contributed by atoms with Crippen LogP contribution in [0.3, 0.4) is 0 Å². The van der Waals surface area contributed by atoms with Crippen molar-refractivity contribution in [3.8, 4) is 5.75 Å². The molecule has 0 fully saturated rings. The third kappa shape index (κ3) is 2.20. The third-order valence-corrected chi connectivity index (χ3v) is 3.24. The Balaban J connectivity index is 1.93. The molecule has 2 heterocycles. The minimum atomic E-state index is -0.628. The summed E-state index contributed by atoms with van der Waals surface area (Å²) in [6.07, 6.45) is 0.796. The zero-order valence-electron chi connectivity index (χ0n) is 10.3. The van der Waals surface area contributed by atoms with Gasteiger partial charge in [-0.3, -0.25) is 0 Å². The molecule has 19 heavy (non-hydrogen) atoms. The summed E-state index contributed by atoms with van der Waals surface area (Å²) in [6.45, 7) is 0.406. The SMILES string of the molecule is N[C@@H](CO)c1nc(C2CCOc3ccccc32)no1. The highest BCUT2D eigenvalue weighted by Gasteiger charge is 2.27. The van der Waals surface area contributed by atoms with Crippen molar-refractivity contribution >= 4 is 0 Å². The highest BCUT2D eigenvalue weighted by atomic mass is 16.5. The smallest absolute Gasteiger partial charge is 0.245 e. The first-order valence-corrected chi connectivity index (χ1v) is 6.21. The molecule has 0 amide bonds. The van der Waals surface area contributed by atoms with Crippen LogP contribution < -0.4 is 10.5 Å². The minimum absolute atomic E-state index is 0.0494. The summed E-state index contributed by atoms with van der Waals surface area (Å²) in [5, 5.41) is 13.0. The number of fused-ring (bicyclic) bond motifs is 1. The quantitative estimate of drug-likeness (QED) is 0.855. The third-order valence-electron chi connectivity index (χ3n) is 3.24. The van der Waals surface area contributed by atoms with Crippen molar-refractivity contribution in [3.05, 3.63) is 41.5 Å². The Kier molecular flexibility index (Phi) is 3.18. The number of aliphatic hydroxyl groups excluding tert-OH is 1. The second kappa shape index (κ2) is 4.99. The Labute approximate surface area is 110 Å². The number of aliphatic hydroxyl groups is 1. The Hall–Kier alpha value is -1.92. The molecule has 1 unspecified atom stereocenters. The molecule has 1 aliphatic rings. The molecule has 1 aromatic carbocycles. The van der Waals surface area contributed by atoms with Gasteiger partial charge in [-0.25, -0.2) is 0 Å². The molecule has 0 saturated carbocycles. The van der Waals surface area contributed by atoms with Crippen LogP contribution in [0.15, 0.2) is 28.8 Å². The Bertz CT molecular complexity index is 570. The van der Waals surface area contributed by atoms with Crippen molar-refractivity contribution in [1.29, 1.82) is 0 Å². The van der Waals surface area contributed by atoms with Crippen molar-refractivity contribution in [1.82, 2.24) is 10.1 Å². The summed E-state index contributed by atoms with van der Waals surface area (Å²) >= 11 is 0. The first kappa shape index (κ1) is 12.1. The maximum atomic E-state index is 8.99. The Morgan fingerprint density at radius 1 is 1.42 bits per heavy atom. The summed E-state index contributed by atoms with van der Waals surface area (Å²) < 4.78 is 10.7. The predicted molar refractivity (Wildman–Crippen MR) is 66.7 cm³/mol. The van der Waals surface area contributed by atoms with Gasteiger partial charge in [0.1, 0.15) is 11.8 Å². The number of ether oxygens (including phenoxy) is 1. The number of hydrogen-bond acceptors (Lipinski definition) is 6. The van der Waals surface area contributed by atoms with E-state index in [1.807, 2.05) is 24.3 Å². The molecule has 3 rings (SSSR count). The van der Waals surface area contributed by atoms with Gasteiger partial charge >= 0.3 is 0 Å². The topological polar surface area (TPSA) is 94.4 Å². The molecule has 1 aromatic heterocycles. The van der Waals surface area contributed by atoms with Gasteiger partial charge in [-0.15, -0.1) is 0 Å². The van der Waals surface area contributed by atoms with Crippen LogP contribution in [-0.4, -0.2) is 28.5 Å². The van der Waals surface area contributed by atoms with E-state index in [-0.39, 0.29) is 18.4 Å². The van der Waals surface area contributed by atoms with Gasteiger partial charge in [0.2, 0.25) is 5.89 Å². The maximum absolute atomic E-state index is 8.99. The fraction of sp³-hybridized carbons (Fsp3) is 0.385. The van der Waals surface area contributed by atoms with E-state index in [0.717, 1.165) is 17.7 Å². The molecule has 0 aliphatic carbocycles. The van der Waals surface area contributed by atoms with Crippen LogP contribution in [0.4, 0.5) is 0 Å². The van der Waals surface area contributed by atoms with Crippen molar-refractivity contribution in [3.63, 3.8) is 0 Å². The molecule has 2 aromatic rings. The first-order chi connectivity index (χ1) is 9.29. The summed E-state index contributed by atoms with van der Waals surface area (Å²) in [6, 6.07) is 7.20. The molecule has 6 nitrogen and oxygen atoms in total.